The number of halogens is 1. The summed E-state index contributed by atoms with van der Waals surface area (Å²) in [6.07, 6.45) is 1.84. The van der Waals surface area contributed by atoms with E-state index in [0.717, 1.165) is 63.2 Å². The Hall–Kier alpha value is -4.35. The molecule has 12 heteroatoms. The van der Waals surface area contributed by atoms with Crippen LogP contribution in [0.2, 0.25) is 24.3 Å². The molecule has 0 saturated carbocycles. The van der Waals surface area contributed by atoms with Gasteiger partial charge in [0.05, 0.1) is 31.2 Å². The number of rotatable bonds is 4. The summed E-state index contributed by atoms with van der Waals surface area (Å²) in [6.45, 7) is 16.5. The molecular formula is C39H47ClN6O4Si. The molecule has 2 aliphatic rings. The second kappa shape index (κ2) is 12.7. The molecule has 4 heterocycles. The first-order chi connectivity index (χ1) is 23.9. The van der Waals surface area contributed by atoms with E-state index in [2.05, 4.69) is 65.5 Å². The Labute approximate surface area is 304 Å². The van der Waals surface area contributed by atoms with E-state index in [1.807, 2.05) is 58.6 Å². The van der Waals surface area contributed by atoms with Gasteiger partial charge in [0.2, 0.25) is 0 Å². The number of carbonyl (C=O) groups excluding carboxylic acids is 2. The third kappa shape index (κ3) is 7.23. The largest absolute Gasteiger partial charge is 0.444 e. The molecule has 10 nitrogen and oxygen atoms in total. The molecule has 3 aromatic carbocycles. The molecule has 0 spiro atoms. The summed E-state index contributed by atoms with van der Waals surface area (Å²) in [7, 11) is -1.68. The molecule has 2 unspecified atom stereocenters. The number of nitrogens with one attached hydrogen (secondary N) is 2. The molecule has 0 aliphatic carbocycles. The van der Waals surface area contributed by atoms with Gasteiger partial charge in [-0.25, -0.2) is 19.6 Å². The maximum Gasteiger partial charge on any atom is 0.410 e. The molecule has 2 atom stereocenters. The van der Waals surface area contributed by atoms with Gasteiger partial charge in [0.25, 0.3) is 0 Å². The average Bonchev–Trinajstić information content (AvgIpc) is 3.83. The van der Waals surface area contributed by atoms with Gasteiger partial charge in [-0.05, 0) is 89.1 Å². The lowest BCUT2D eigenvalue weighted by molar-refractivity contribution is 0.0212. The topological polar surface area (TPSA) is 116 Å². The van der Waals surface area contributed by atoms with E-state index >= 15 is 0 Å². The normalized spacial score (nSPS) is 19.3. The number of aromatic nitrogens is 4. The number of amides is 2. The molecule has 2 amide bonds. The predicted octanol–water partition coefficient (Wildman–Crippen LogP) is 10.0. The number of benzene rings is 3. The molecule has 7 rings (SSSR count). The first kappa shape index (κ1) is 35.1. The van der Waals surface area contributed by atoms with Crippen molar-refractivity contribution in [3.05, 3.63) is 71.4 Å². The number of likely N-dealkylation sites (tertiary alicyclic amines) is 1. The zero-order valence-electron chi connectivity index (χ0n) is 30.7. The van der Waals surface area contributed by atoms with Gasteiger partial charge in [-0.15, -0.1) is 0 Å². The fraction of sp³-hybridized carbons (Fsp3) is 0.436. The first-order valence-electron chi connectivity index (χ1n) is 17.7. The van der Waals surface area contributed by atoms with E-state index in [9.17, 15) is 9.59 Å². The minimum absolute atomic E-state index is 0.144. The van der Waals surface area contributed by atoms with Gasteiger partial charge in [-0.1, -0.05) is 67.2 Å². The Kier molecular flexibility index (Phi) is 8.73. The zero-order chi connectivity index (χ0) is 36.5. The van der Waals surface area contributed by atoms with E-state index in [4.69, 9.17) is 31.0 Å². The van der Waals surface area contributed by atoms with Gasteiger partial charge in [0.1, 0.15) is 33.7 Å². The van der Waals surface area contributed by atoms with Gasteiger partial charge in [-0.3, -0.25) is 4.90 Å². The highest BCUT2D eigenvalue weighted by Crippen LogP contribution is 2.40. The third-order valence-corrected chi connectivity index (χ3v) is 12.5. The van der Waals surface area contributed by atoms with Crippen molar-refractivity contribution in [2.45, 2.75) is 96.8 Å². The van der Waals surface area contributed by atoms with Crippen LogP contribution in [0.1, 0.15) is 78.1 Å². The van der Waals surface area contributed by atoms with Crippen LogP contribution in [-0.4, -0.2) is 73.9 Å². The van der Waals surface area contributed by atoms with Gasteiger partial charge in [-0.2, -0.15) is 0 Å². The number of hydrogen-bond acceptors (Lipinski definition) is 6. The molecule has 0 bridgehead atoms. The molecule has 51 heavy (non-hydrogen) atoms. The second-order valence-corrected chi connectivity index (χ2v) is 22.1. The lowest BCUT2D eigenvalue weighted by atomic mass is 9.99. The molecule has 0 radical (unpaired) electrons. The summed E-state index contributed by atoms with van der Waals surface area (Å²) in [5.41, 5.74) is 4.40. The van der Waals surface area contributed by atoms with Crippen LogP contribution in [0.3, 0.4) is 0 Å². The molecule has 2 N–H and O–H groups in total. The van der Waals surface area contributed by atoms with Crippen LogP contribution in [0.5, 0.6) is 0 Å². The maximum atomic E-state index is 13.2. The molecule has 2 fully saturated rings. The Balaban J connectivity index is 1.12. The van der Waals surface area contributed by atoms with E-state index in [1.54, 1.807) is 4.90 Å². The molecular weight excluding hydrogens is 680 g/mol. The van der Waals surface area contributed by atoms with Crippen LogP contribution in [0.4, 0.5) is 9.59 Å². The second-order valence-electron chi connectivity index (χ2n) is 16.7. The lowest BCUT2D eigenvalue weighted by Crippen LogP contribution is -2.39. The van der Waals surface area contributed by atoms with Crippen molar-refractivity contribution in [2.75, 3.05) is 12.7 Å². The van der Waals surface area contributed by atoms with E-state index in [0.29, 0.717) is 29.4 Å². The quantitative estimate of drug-likeness (QED) is 0.178. The highest BCUT2D eigenvalue weighted by Gasteiger charge is 2.45. The number of aromatic amines is 2. The highest BCUT2D eigenvalue weighted by atomic mass is 35.5. The molecule has 5 aromatic rings. The van der Waals surface area contributed by atoms with Crippen LogP contribution >= 0.6 is 11.6 Å². The summed E-state index contributed by atoms with van der Waals surface area (Å²) in [5.74, 6) is 1.48. The SMILES string of the molecule is CC(C)(C)OC(=O)N1C[Si](C)(C)CC1c1nc(-c2ccc(-c3ccc4c(ccc5[nH]c(C6CCCN6C(=O)OC(C)(C)C)nc54)c3)cc2)c(Cl)[nH]1. The summed E-state index contributed by atoms with van der Waals surface area (Å²) in [6, 6.07) is 19.3. The smallest absolute Gasteiger partial charge is 0.410 e. The number of hydrogen-bond donors (Lipinski definition) is 2. The number of imidazole rings is 2. The number of nitrogens with zero attached hydrogens (tertiary/aromatic N) is 4. The summed E-state index contributed by atoms with van der Waals surface area (Å²) >= 11 is 6.75. The summed E-state index contributed by atoms with van der Waals surface area (Å²) < 4.78 is 11.4. The fourth-order valence-corrected chi connectivity index (χ4v) is 10.4. The third-order valence-electron chi connectivity index (χ3n) is 9.52. The van der Waals surface area contributed by atoms with Gasteiger partial charge >= 0.3 is 12.2 Å². The predicted molar refractivity (Wildman–Crippen MR) is 205 cm³/mol. The van der Waals surface area contributed by atoms with Crippen molar-refractivity contribution in [1.82, 2.24) is 29.7 Å². The molecule has 2 saturated heterocycles. The Morgan fingerprint density at radius 2 is 1.43 bits per heavy atom. The highest BCUT2D eigenvalue weighted by molar-refractivity contribution is 6.78. The van der Waals surface area contributed by atoms with Crippen LogP contribution in [-0.2, 0) is 9.47 Å². The minimum Gasteiger partial charge on any atom is -0.444 e. The summed E-state index contributed by atoms with van der Waals surface area (Å²) in [5, 5.41) is 2.58. The Morgan fingerprint density at radius 3 is 2.12 bits per heavy atom. The summed E-state index contributed by atoms with van der Waals surface area (Å²) in [4.78, 5) is 46.5. The minimum atomic E-state index is -1.68. The number of H-pyrrole nitrogens is 2. The van der Waals surface area contributed by atoms with E-state index in [1.165, 1.54) is 0 Å². The average molecular weight is 727 g/mol. The van der Waals surface area contributed by atoms with Crippen molar-refractivity contribution in [3.8, 4) is 22.4 Å². The van der Waals surface area contributed by atoms with Gasteiger partial charge in [0, 0.05) is 23.7 Å². The van der Waals surface area contributed by atoms with Crippen molar-refractivity contribution < 1.29 is 19.1 Å². The van der Waals surface area contributed by atoms with Crippen molar-refractivity contribution in [1.29, 1.82) is 0 Å². The number of ether oxygens (including phenoxy) is 2. The molecule has 2 aliphatic heterocycles. The fourth-order valence-electron chi connectivity index (χ4n) is 7.31. The van der Waals surface area contributed by atoms with Crippen LogP contribution in [0.15, 0.2) is 54.6 Å². The lowest BCUT2D eigenvalue weighted by Gasteiger charge is -2.28. The maximum absolute atomic E-state index is 13.2. The Bertz CT molecular complexity index is 2130. The number of fused-ring (bicyclic) bond motifs is 3. The monoisotopic (exact) mass is 726 g/mol. The first-order valence-corrected chi connectivity index (χ1v) is 21.5. The van der Waals surface area contributed by atoms with Gasteiger partial charge in [0.15, 0.2) is 0 Å². The van der Waals surface area contributed by atoms with Crippen LogP contribution in [0.25, 0.3) is 44.2 Å². The van der Waals surface area contributed by atoms with Crippen molar-refractivity contribution in [3.63, 3.8) is 0 Å². The zero-order valence-corrected chi connectivity index (χ0v) is 32.4. The van der Waals surface area contributed by atoms with Gasteiger partial charge < -0.3 is 24.3 Å². The Morgan fingerprint density at radius 1 is 0.804 bits per heavy atom. The van der Waals surface area contributed by atoms with Crippen molar-refractivity contribution in [2.24, 2.45) is 0 Å². The van der Waals surface area contributed by atoms with Crippen molar-refractivity contribution >= 4 is 53.7 Å². The van der Waals surface area contributed by atoms with E-state index < -0.39 is 19.3 Å². The standard InChI is InChI=1S/C39H47ClN6O4Si/c1-38(2,3)49-36(47)45-19-9-10-29(45)34-41-28-18-16-26-20-25(15-17-27(26)32(28)43-34)23-11-13-24(14-12-23)31-33(40)44-35(42-31)30-21-51(7,8)22-46(30)37(48)50-39(4,5)6/h11-18,20,29-30H,9-10,19,21-22H2,1-8H3,(H,41,43)(H,42,44). The van der Waals surface area contributed by atoms with Crippen LogP contribution in [0, 0.1) is 0 Å². The number of carbonyl (C=O) groups is 2. The molecule has 268 valence electrons. The van der Waals surface area contributed by atoms with Crippen LogP contribution < -0.4 is 0 Å². The molecule has 2 aromatic heterocycles. The van der Waals surface area contributed by atoms with E-state index in [-0.39, 0.29) is 24.3 Å².